The summed E-state index contributed by atoms with van der Waals surface area (Å²) in [5.41, 5.74) is 0.592. The molecule has 1 atom stereocenters. The molecule has 1 aliphatic heterocycles. The van der Waals surface area contributed by atoms with Crippen molar-refractivity contribution in [3.63, 3.8) is 0 Å². The number of rotatable bonds is 7. The highest BCUT2D eigenvalue weighted by Crippen LogP contribution is 2.48. The molecular formula is C12H24N2O. The van der Waals surface area contributed by atoms with E-state index in [9.17, 15) is 0 Å². The second-order valence-corrected chi connectivity index (χ2v) is 5.17. The molecule has 2 rings (SSSR count). The van der Waals surface area contributed by atoms with Crippen LogP contribution >= 0.6 is 0 Å². The molecule has 1 aliphatic carbocycles. The van der Waals surface area contributed by atoms with Crippen molar-refractivity contribution >= 4 is 0 Å². The lowest BCUT2D eigenvalue weighted by Gasteiger charge is -2.17. The van der Waals surface area contributed by atoms with Gasteiger partial charge in [-0.3, -0.25) is 0 Å². The minimum absolute atomic E-state index is 0.592. The molecule has 0 spiro atoms. The van der Waals surface area contributed by atoms with Crippen LogP contribution in [-0.2, 0) is 4.74 Å². The third kappa shape index (κ3) is 3.44. The number of hydrogen-bond acceptors (Lipinski definition) is 3. The number of ether oxygens (including phenoxy) is 1. The fraction of sp³-hybridized carbons (Fsp3) is 1.00. The summed E-state index contributed by atoms with van der Waals surface area (Å²) in [4.78, 5) is 0. The molecule has 3 heteroatoms. The Morgan fingerprint density at radius 1 is 1.47 bits per heavy atom. The van der Waals surface area contributed by atoms with Crippen LogP contribution in [-0.4, -0.2) is 39.4 Å². The van der Waals surface area contributed by atoms with E-state index in [-0.39, 0.29) is 0 Å². The number of methoxy groups -OCH3 is 1. The highest BCUT2D eigenvalue weighted by Gasteiger charge is 2.41. The average molecular weight is 212 g/mol. The van der Waals surface area contributed by atoms with Crippen LogP contribution < -0.4 is 10.6 Å². The van der Waals surface area contributed by atoms with Crippen molar-refractivity contribution in [2.45, 2.75) is 38.1 Å². The van der Waals surface area contributed by atoms with E-state index in [0.717, 1.165) is 19.2 Å². The summed E-state index contributed by atoms with van der Waals surface area (Å²) < 4.78 is 5.16. The number of hydrogen-bond donors (Lipinski definition) is 2. The van der Waals surface area contributed by atoms with Crippen molar-refractivity contribution in [2.24, 2.45) is 5.41 Å². The van der Waals surface area contributed by atoms with Crippen LogP contribution in [0.5, 0.6) is 0 Å². The van der Waals surface area contributed by atoms with E-state index >= 15 is 0 Å². The van der Waals surface area contributed by atoms with Crippen molar-refractivity contribution in [3.8, 4) is 0 Å². The molecule has 0 amide bonds. The molecule has 15 heavy (non-hydrogen) atoms. The van der Waals surface area contributed by atoms with Crippen LogP contribution in [0, 0.1) is 5.41 Å². The molecule has 2 aliphatic rings. The fourth-order valence-electron chi connectivity index (χ4n) is 2.45. The first kappa shape index (κ1) is 11.4. The third-order valence-electron chi connectivity index (χ3n) is 3.85. The van der Waals surface area contributed by atoms with E-state index in [4.69, 9.17) is 4.74 Å². The quantitative estimate of drug-likeness (QED) is 0.664. The average Bonchev–Trinajstić information content (AvgIpc) is 2.81. The van der Waals surface area contributed by atoms with Gasteiger partial charge in [-0.15, -0.1) is 0 Å². The predicted molar refractivity (Wildman–Crippen MR) is 62.1 cm³/mol. The van der Waals surface area contributed by atoms with Gasteiger partial charge in [-0.1, -0.05) is 0 Å². The van der Waals surface area contributed by atoms with E-state index < -0.39 is 0 Å². The largest absolute Gasteiger partial charge is 0.385 e. The molecule has 1 saturated carbocycles. The maximum Gasteiger partial charge on any atom is 0.0468 e. The lowest BCUT2D eigenvalue weighted by Crippen LogP contribution is -2.36. The lowest BCUT2D eigenvalue weighted by molar-refractivity contribution is 0.171. The summed E-state index contributed by atoms with van der Waals surface area (Å²) in [7, 11) is 1.80. The summed E-state index contributed by atoms with van der Waals surface area (Å²) in [5, 5.41) is 7.14. The summed E-state index contributed by atoms with van der Waals surface area (Å²) in [5.74, 6) is 0. The van der Waals surface area contributed by atoms with Crippen LogP contribution in [0.1, 0.15) is 32.1 Å². The SMILES string of the molecule is COCCC1(CNCC2CCCN2)CC1. The molecule has 2 N–H and O–H groups in total. The maximum atomic E-state index is 5.16. The minimum atomic E-state index is 0.592. The lowest BCUT2D eigenvalue weighted by atomic mass is 10.0. The Morgan fingerprint density at radius 3 is 2.93 bits per heavy atom. The van der Waals surface area contributed by atoms with Gasteiger partial charge < -0.3 is 15.4 Å². The van der Waals surface area contributed by atoms with Gasteiger partial charge in [0.05, 0.1) is 0 Å². The fourth-order valence-corrected chi connectivity index (χ4v) is 2.45. The monoisotopic (exact) mass is 212 g/mol. The van der Waals surface area contributed by atoms with Gasteiger partial charge in [0.1, 0.15) is 0 Å². The Morgan fingerprint density at radius 2 is 2.33 bits per heavy atom. The van der Waals surface area contributed by atoms with E-state index in [1.54, 1.807) is 7.11 Å². The Hall–Kier alpha value is -0.120. The maximum absolute atomic E-state index is 5.16. The Labute approximate surface area is 93.0 Å². The Bertz CT molecular complexity index is 186. The van der Waals surface area contributed by atoms with Crippen LogP contribution in [0.3, 0.4) is 0 Å². The molecule has 0 bridgehead atoms. The van der Waals surface area contributed by atoms with Crippen molar-refractivity contribution in [2.75, 3.05) is 33.4 Å². The molecule has 1 saturated heterocycles. The normalized spacial score (nSPS) is 28.2. The zero-order valence-corrected chi connectivity index (χ0v) is 9.85. The second kappa shape index (κ2) is 5.28. The van der Waals surface area contributed by atoms with Crippen molar-refractivity contribution in [1.29, 1.82) is 0 Å². The van der Waals surface area contributed by atoms with Crippen LogP contribution in [0.2, 0.25) is 0 Å². The highest BCUT2D eigenvalue weighted by molar-refractivity contribution is 4.95. The molecule has 1 unspecified atom stereocenters. The molecule has 3 nitrogen and oxygen atoms in total. The van der Waals surface area contributed by atoms with E-state index in [1.165, 1.54) is 45.2 Å². The van der Waals surface area contributed by atoms with Crippen LogP contribution in [0.25, 0.3) is 0 Å². The molecule has 2 fully saturated rings. The standard InChI is InChI=1S/C12H24N2O/c1-15-8-6-12(4-5-12)10-13-9-11-3-2-7-14-11/h11,13-14H,2-10H2,1H3. The Balaban J connectivity index is 1.56. The smallest absolute Gasteiger partial charge is 0.0468 e. The molecule has 0 aromatic rings. The van der Waals surface area contributed by atoms with Gasteiger partial charge >= 0.3 is 0 Å². The molecule has 88 valence electrons. The molecule has 1 heterocycles. The van der Waals surface area contributed by atoms with E-state index in [0.29, 0.717) is 5.41 Å². The summed E-state index contributed by atoms with van der Waals surface area (Å²) in [6.45, 7) is 4.47. The minimum Gasteiger partial charge on any atom is -0.385 e. The molecule has 0 radical (unpaired) electrons. The Kier molecular flexibility index (Phi) is 4.00. The van der Waals surface area contributed by atoms with Gasteiger partial charge in [0, 0.05) is 32.8 Å². The van der Waals surface area contributed by atoms with E-state index in [1.807, 2.05) is 0 Å². The van der Waals surface area contributed by atoms with Crippen molar-refractivity contribution in [3.05, 3.63) is 0 Å². The van der Waals surface area contributed by atoms with Gasteiger partial charge in [-0.25, -0.2) is 0 Å². The first-order chi connectivity index (χ1) is 7.35. The molecular weight excluding hydrogens is 188 g/mol. The zero-order chi connectivity index (χ0) is 10.6. The molecule has 0 aromatic carbocycles. The van der Waals surface area contributed by atoms with Gasteiger partial charge in [0.2, 0.25) is 0 Å². The predicted octanol–water partition coefficient (Wildman–Crippen LogP) is 1.14. The van der Waals surface area contributed by atoms with Crippen molar-refractivity contribution in [1.82, 2.24) is 10.6 Å². The van der Waals surface area contributed by atoms with Gasteiger partial charge in [0.15, 0.2) is 0 Å². The molecule has 0 aromatic heterocycles. The topological polar surface area (TPSA) is 33.3 Å². The van der Waals surface area contributed by atoms with Gasteiger partial charge in [-0.05, 0) is 44.1 Å². The third-order valence-corrected chi connectivity index (χ3v) is 3.85. The van der Waals surface area contributed by atoms with Crippen LogP contribution in [0.15, 0.2) is 0 Å². The second-order valence-electron chi connectivity index (χ2n) is 5.17. The highest BCUT2D eigenvalue weighted by atomic mass is 16.5. The van der Waals surface area contributed by atoms with Gasteiger partial charge in [0.25, 0.3) is 0 Å². The van der Waals surface area contributed by atoms with Gasteiger partial charge in [-0.2, -0.15) is 0 Å². The van der Waals surface area contributed by atoms with Crippen molar-refractivity contribution < 1.29 is 4.74 Å². The summed E-state index contributed by atoms with van der Waals surface area (Å²) in [6, 6.07) is 0.725. The van der Waals surface area contributed by atoms with E-state index in [2.05, 4.69) is 10.6 Å². The zero-order valence-electron chi connectivity index (χ0n) is 9.85. The van der Waals surface area contributed by atoms with Crippen LogP contribution in [0.4, 0.5) is 0 Å². The first-order valence-electron chi connectivity index (χ1n) is 6.28. The first-order valence-corrected chi connectivity index (χ1v) is 6.28. The summed E-state index contributed by atoms with van der Waals surface area (Å²) in [6.07, 6.45) is 6.71. The summed E-state index contributed by atoms with van der Waals surface area (Å²) >= 11 is 0. The number of nitrogens with one attached hydrogen (secondary N) is 2.